The average molecular weight is 306 g/mol. The third-order valence-electron chi connectivity index (χ3n) is 6.77. The van der Waals surface area contributed by atoms with Crippen molar-refractivity contribution in [3.63, 3.8) is 0 Å². The number of likely N-dealkylation sites (tertiary alicyclic amines) is 2. The summed E-state index contributed by atoms with van der Waals surface area (Å²) in [5, 5.41) is 10.3. The van der Waals surface area contributed by atoms with Gasteiger partial charge < -0.3 is 10.0 Å². The molecule has 2 aliphatic heterocycles. The largest absolute Gasteiger partial charge is 0.392 e. The summed E-state index contributed by atoms with van der Waals surface area (Å²) in [7, 11) is 0. The van der Waals surface area contributed by atoms with Crippen LogP contribution < -0.4 is 0 Å². The third kappa shape index (κ3) is 2.30. The summed E-state index contributed by atoms with van der Waals surface area (Å²) >= 11 is 0. The topological polar surface area (TPSA) is 43.8 Å². The van der Waals surface area contributed by atoms with E-state index in [-0.39, 0.29) is 11.6 Å². The van der Waals surface area contributed by atoms with E-state index in [1.807, 2.05) is 0 Å². The van der Waals surface area contributed by atoms with E-state index in [0.29, 0.717) is 31.0 Å². The minimum absolute atomic E-state index is 0.323. The lowest BCUT2D eigenvalue weighted by molar-refractivity contribution is -0.140. The maximum absolute atomic E-state index is 13.3. The Bertz CT molecular complexity index is 444. The average Bonchev–Trinajstić information content (AvgIpc) is 3.25. The van der Waals surface area contributed by atoms with E-state index >= 15 is 0 Å². The molecule has 0 aromatic carbocycles. The predicted molar refractivity (Wildman–Crippen MR) is 85.4 cm³/mol. The van der Waals surface area contributed by atoms with E-state index in [0.717, 1.165) is 18.9 Å². The molecule has 0 aromatic rings. The van der Waals surface area contributed by atoms with E-state index < -0.39 is 0 Å². The number of nitrogens with zero attached hydrogens (tertiary/aromatic N) is 2. The Morgan fingerprint density at radius 3 is 2.59 bits per heavy atom. The molecule has 1 spiro atoms. The van der Waals surface area contributed by atoms with Gasteiger partial charge in [0, 0.05) is 31.6 Å². The third-order valence-corrected chi connectivity index (χ3v) is 6.77. The van der Waals surface area contributed by atoms with E-state index in [1.165, 1.54) is 44.9 Å². The Hall–Kier alpha value is -0.610. The van der Waals surface area contributed by atoms with Crippen LogP contribution in [0.3, 0.4) is 0 Å². The molecule has 0 radical (unpaired) electrons. The number of hydrogen-bond acceptors (Lipinski definition) is 3. The monoisotopic (exact) mass is 306 g/mol. The Labute approximate surface area is 133 Å². The highest BCUT2D eigenvalue weighted by Gasteiger charge is 2.58. The van der Waals surface area contributed by atoms with Gasteiger partial charge in [0.05, 0.1) is 6.10 Å². The van der Waals surface area contributed by atoms with Crippen LogP contribution in [-0.2, 0) is 4.79 Å². The molecule has 4 aliphatic rings. The Kier molecular flexibility index (Phi) is 3.73. The van der Waals surface area contributed by atoms with Crippen LogP contribution in [-0.4, -0.2) is 57.6 Å². The van der Waals surface area contributed by atoms with Gasteiger partial charge in [-0.2, -0.15) is 0 Å². The lowest BCUT2D eigenvalue weighted by Gasteiger charge is -2.39. The number of amides is 1. The van der Waals surface area contributed by atoms with Gasteiger partial charge in [0.25, 0.3) is 0 Å². The highest BCUT2D eigenvalue weighted by Crippen LogP contribution is 2.46. The number of aliphatic hydroxyl groups is 1. The van der Waals surface area contributed by atoms with Gasteiger partial charge in [-0.25, -0.2) is 0 Å². The normalized spacial score (nSPS) is 39.1. The minimum atomic E-state index is -0.376. The second-order valence-corrected chi connectivity index (χ2v) is 8.16. The SMILES string of the molecule is CC(C1CC1)N1C[C@H](O)C[C@]12CCN(C1CCCCC1)C2=O. The molecule has 4 heteroatoms. The van der Waals surface area contributed by atoms with Crippen molar-refractivity contribution in [1.82, 2.24) is 9.80 Å². The summed E-state index contributed by atoms with van der Waals surface area (Å²) in [6.07, 6.45) is 10.1. The molecular formula is C18H30N2O2. The lowest BCUT2D eigenvalue weighted by Crippen LogP contribution is -2.55. The molecule has 2 saturated heterocycles. The van der Waals surface area contributed by atoms with E-state index in [1.54, 1.807) is 0 Å². The molecule has 1 unspecified atom stereocenters. The maximum Gasteiger partial charge on any atom is 0.243 e. The molecule has 0 bridgehead atoms. The first kappa shape index (κ1) is 14.9. The summed E-state index contributed by atoms with van der Waals surface area (Å²) in [4.78, 5) is 17.9. The highest BCUT2D eigenvalue weighted by atomic mass is 16.3. The van der Waals surface area contributed by atoms with Crippen molar-refractivity contribution in [2.24, 2.45) is 5.92 Å². The molecule has 1 amide bonds. The molecular weight excluding hydrogens is 276 g/mol. The lowest BCUT2D eigenvalue weighted by atomic mass is 9.91. The summed E-state index contributed by atoms with van der Waals surface area (Å²) in [5.74, 6) is 1.09. The van der Waals surface area contributed by atoms with Crippen LogP contribution in [0.2, 0.25) is 0 Å². The molecule has 1 N–H and O–H groups in total. The van der Waals surface area contributed by atoms with E-state index in [9.17, 15) is 9.90 Å². The van der Waals surface area contributed by atoms with Gasteiger partial charge in [-0.1, -0.05) is 19.3 Å². The van der Waals surface area contributed by atoms with Crippen LogP contribution in [0.25, 0.3) is 0 Å². The zero-order valence-electron chi connectivity index (χ0n) is 13.8. The number of aliphatic hydroxyl groups excluding tert-OH is 1. The smallest absolute Gasteiger partial charge is 0.243 e. The predicted octanol–water partition coefficient (Wildman–Crippen LogP) is 2.16. The molecule has 2 heterocycles. The van der Waals surface area contributed by atoms with Crippen molar-refractivity contribution in [2.75, 3.05) is 13.1 Å². The first-order valence-electron chi connectivity index (χ1n) is 9.38. The van der Waals surface area contributed by atoms with Crippen LogP contribution in [0, 0.1) is 5.92 Å². The molecule has 4 nitrogen and oxygen atoms in total. The van der Waals surface area contributed by atoms with Crippen molar-refractivity contribution < 1.29 is 9.90 Å². The maximum atomic E-state index is 13.3. The van der Waals surface area contributed by atoms with Crippen LogP contribution in [0.4, 0.5) is 0 Å². The molecule has 2 aliphatic carbocycles. The fraction of sp³-hybridized carbons (Fsp3) is 0.944. The Balaban J connectivity index is 1.55. The molecule has 2 saturated carbocycles. The summed E-state index contributed by atoms with van der Waals surface area (Å²) in [6.45, 7) is 3.88. The second-order valence-electron chi connectivity index (χ2n) is 8.16. The van der Waals surface area contributed by atoms with Gasteiger partial charge in [-0.05, 0) is 44.9 Å². The van der Waals surface area contributed by atoms with Crippen molar-refractivity contribution in [3.8, 4) is 0 Å². The first-order chi connectivity index (χ1) is 10.6. The quantitative estimate of drug-likeness (QED) is 0.869. The molecule has 0 aromatic heterocycles. The molecule has 4 rings (SSSR count). The van der Waals surface area contributed by atoms with Crippen molar-refractivity contribution in [2.45, 2.75) is 88.4 Å². The molecule has 3 atom stereocenters. The van der Waals surface area contributed by atoms with Crippen molar-refractivity contribution in [3.05, 3.63) is 0 Å². The molecule has 4 fully saturated rings. The number of rotatable bonds is 3. The van der Waals surface area contributed by atoms with E-state index in [4.69, 9.17) is 0 Å². The molecule has 124 valence electrons. The molecule has 22 heavy (non-hydrogen) atoms. The van der Waals surface area contributed by atoms with Gasteiger partial charge >= 0.3 is 0 Å². The minimum Gasteiger partial charge on any atom is -0.392 e. The number of carbonyl (C=O) groups excluding carboxylic acids is 1. The fourth-order valence-corrected chi connectivity index (χ4v) is 5.34. The number of hydrogen-bond donors (Lipinski definition) is 1. The van der Waals surface area contributed by atoms with Crippen LogP contribution in [0.1, 0.15) is 64.7 Å². The van der Waals surface area contributed by atoms with Gasteiger partial charge in [0.15, 0.2) is 0 Å². The summed E-state index contributed by atoms with van der Waals surface area (Å²) in [5.41, 5.74) is -0.376. The fourth-order valence-electron chi connectivity index (χ4n) is 5.34. The highest BCUT2D eigenvalue weighted by molar-refractivity contribution is 5.89. The van der Waals surface area contributed by atoms with Gasteiger partial charge in [0.1, 0.15) is 5.54 Å². The standard InChI is InChI=1S/C18H30N2O2/c1-13(14-7-8-14)20-12-16(21)11-18(20)9-10-19(17(18)22)15-5-3-2-4-6-15/h13-16,21H,2-12H2,1H3/t13?,16-,18+/m1/s1. The zero-order chi connectivity index (χ0) is 15.3. The van der Waals surface area contributed by atoms with Gasteiger partial charge in [-0.15, -0.1) is 0 Å². The van der Waals surface area contributed by atoms with Crippen LogP contribution >= 0.6 is 0 Å². The van der Waals surface area contributed by atoms with Crippen LogP contribution in [0.15, 0.2) is 0 Å². The van der Waals surface area contributed by atoms with Gasteiger partial charge in [0.2, 0.25) is 5.91 Å². The Morgan fingerprint density at radius 2 is 1.91 bits per heavy atom. The van der Waals surface area contributed by atoms with Crippen molar-refractivity contribution in [1.29, 1.82) is 0 Å². The first-order valence-corrected chi connectivity index (χ1v) is 9.38. The zero-order valence-corrected chi connectivity index (χ0v) is 13.8. The number of carbonyl (C=O) groups is 1. The summed E-state index contributed by atoms with van der Waals surface area (Å²) < 4.78 is 0. The van der Waals surface area contributed by atoms with E-state index in [2.05, 4.69) is 16.7 Å². The Morgan fingerprint density at radius 1 is 1.18 bits per heavy atom. The van der Waals surface area contributed by atoms with Crippen molar-refractivity contribution >= 4 is 5.91 Å². The second kappa shape index (κ2) is 5.48. The number of β-amino-alcohol motifs (C(OH)–C–C–N with tert-alkyl or cyclic N) is 1. The van der Waals surface area contributed by atoms with Gasteiger partial charge in [-0.3, -0.25) is 9.69 Å². The van der Waals surface area contributed by atoms with Crippen LogP contribution in [0.5, 0.6) is 0 Å². The summed E-state index contributed by atoms with van der Waals surface area (Å²) in [6, 6.07) is 0.920.